The van der Waals surface area contributed by atoms with Gasteiger partial charge in [-0.1, -0.05) is 0 Å². The largest absolute Gasteiger partial charge is 0.380 e. The van der Waals surface area contributed by atoms with E-state index in [2.05, 4.69) is 15.3 Å². The summed E-state index contributed by atoms with van der Waals surface area (Å²) in [5, 5.41) is 3.28. The molecule has 0 aromatic carbocycles. The first-order chi connectivity index (χ1) is 9.74. The van der Waals surface area contributed by atoms with E-state index >= 15 is 0 Å². The van der Waals surface area contributed by atoms with Gasteiger partial charge < -0.3 is 10.2 Å². The highest BCUT2D eigenvalue weighted by Gasteiger charge is 2.13. The molecular formula is C14H18N4OS. The van der Waals surface area contributed by atoms with Crippen molar-refractivity contribution in [3.63, 3.8) is 0 Å². The number of pyridine rings is 1. The molecule has 20 heavy (non-hydrogen) atoms. The number of carbonyl (C=O) groups excluding carboxylic acids is 1. The molecule has 0 fully saturated rings. The van der Waals surface area contributed by atoms with Crippen LogP contribution in [-0.4, -0.2) is 33.9 Å². The average Bonchev–Trinajstić information content (AvgIpc) is 3.00. The van der Waals surface area contributed by atoms with Gasteiger partial charge in [-0.2, -0.15) is 0 Å². The number of rotatable bonds is 6. The molecule has 0 bridgehead atoms. The van der Waals surface area contributed by atoms with Crippen molar-refractivity contribution in [1.82, 2.24) is 14.9 Å². The number of nitrogens with one attached hydrogen (secondary N) is 1. The Labute approximate surface area is 122 Å². The average molecular weight is 290 g/mol. The van der Waals surface area contributed by atoms with E-state index in [1.165, 1.54) is 0 Å². The normalized spacial score (nSPS) is 10.3. The number of amides is 1. The Kier molecular flexibility index (Phi) is 5.06. The maximum absolute atomic E-state index is 12.2. The zero-order valence-electron chi connectivity index (χ0n) is 11.7. The lowest BCUT2D eigenvalue weighted by molar-refractivity contribution is 0.0767. The Morgan fingerprint density at radius 1 is 1.40 bits per heavy atom. The van der Waals surface area contributed by atoms with Crippen molar-refractivity contribution in [2.75, 3.05) is 18.4 Å². The highest BCUT2D eigenvalue weighted by atomic mass is 32.1. The van der Waals surface area contributed by atoms with E-state index in [0.29, 0.717) is 25.3 Å². The minimum absolute atomic E-state index is 0.0311. The molecule has 2 heterocycles. The van der Waals surface area contributed by atoms with Crippen LogP contribution in [-0.2, 0) is 6.54 Å². The van der Waals surface area contributed by atoms with E-state index in [1.54, 1.807) is 34.0 Å². The van der Waals surface area contributed by atoms with Crippen LogP contribution in [0.1, 0.15) is 29.2 Å². The summed E-state index contributed by atoms with van der Waals surface area (Å²) >= 11 is 1.60. The molecule has 2 rings (SSSR count). The van der Waals surface area contributed by atoms with Crippen molar-refractivity contribution in [2.24, 2.45) is 0 Å². The van der Waals surface area contributed by atoms with Gasteiger partial charge in [0.2, 0.25) is 0 Å². The van der Waals surface area contributed by atoms with Crippen molar-refractivity contribution in [1.29, 1.82) is 0 Å². The fraction of sp³-hybridized carbons (Fsp3) is 0.357. The topological polar surface area (TPSA) is 58.1 Å². The Morgan fingerprint density at radius 2 is 2.20 bits per heavy atom. The zero-order valence-corrected chi connectivity index (χ0v) is 12.5. The first-order valence-electron chi connectivity index (χ1n) is 6.61. The molecule has 0 aliphatic heterocycles. The van der Waals surface area contributed by atoms with Crippen LogP contribution in [0.3, 0.4) is 0 Å². The third-order valence-corrected chi connectivity index (χ3v) is 3.76. The molecule has 1 N–H and O–H groups in total. The molecule has 106 valence electrons. The molecule has 0 atom stereocenters. The molecule has 0 aliphatic rings. The molecule has 0 saturated heterocycles. The van der Waals surface area contributed by atoms with Crippen LogP contribution in [0.5, 0.6) is 0 Å². The predicted molar refractivity (Wildman–Crippen MR) is 80.9 cm³/mol. The molecule has 2 aromatic heterocycles. The number of anilines is 1. The van der Waals surface area contributed by atoms with Crippen molar-refractivity contribution < 1.29 is 4.79 Å². The maximum Gasteiger partial charge on any atom is 0.272 e. The maximum atomic E-state index is 12.2. The lowest BCUT2D eigenvalue weighted by Crippen LogP contribution is -2.31. The van der Waals surface area contributed by atoms with E-state index in [1.807, 2.05) is 26.1 Å². The van der Waals surface area contributed by atoms with Gasteiger partial charge in [0.25, 0.3) is 5.91 Å². The van der Waals surface area contributed by atoms with Gasteiger partial charge in [0.15, 0.2) is 0 Å². The van der Waals surface area contributed by atoms with Crippen molar-refractivity contribution in [3.05, 3.63) is 40.6 Å². The van der Waals surface area contributed by atoms with Crippen molar-refractivity contribution in [3.8, 4) is 0 Å². The molecule has 0 aliphatic carbocycles. The monoisotopic (exact) mass is 290 g/mol. The van der Waals surface area contributed by atoms with Gasteiger partial charge in [0, 0.05) is 36.0 Å². The highest BCUT2D eigenvalue weighted by molar-refractivity contribution is 7.09. The zero-order chi connectivity index (χ0) is 14.4. The van der Waals surface area contributed by atoms with Gasteiger partial charge in [-0.25, -0.2) is 0 Å². The summed E-state index contributed by atoms with van der Waals surface area (Å²) in [5.74, 6) is -0.0311. The Balaban J connectivity index is 2.05. The van der Waals surface area contributed by atoms with E-state index in [-0.39, 0.29) is 5.91 Å². The summed E-state index contributed by atoms with van der Waals surface area (Å²) in [6.07, 6.45) is 3.49. The summed E-state index contributed by atoms with van der Waals surface area (Å²) in [7, 11) is 0. The Bertz CT molecular complexity index is 552. The lowest BCUT2D eigenvalue weighted by atomic mass is 10.2. The van der Waals surface area contributed by atoms with Crippen molar-refractivity contribution >= 4 is 22.9 Å². The van der Waals surface area contributed by atoms with Crippen LogP contribution < -0.4 is 5.32 Å². The second-order valence-corrected chi connectivity index (χ2v) is 5.20. The molecule has 0 spiro atoms. The van der Waals surface area contributed by atoms with Gasteiger partial charge in [0.1, 0.15) is 5.69 Å². The van der Waals surface area contributed by atoms with E-state index < -0.39 is 0 Å². The van der Waals surface area contributed by atoms with Crippen LogP contribution >= 0.6 is 11.3 Å². The van der Waals surface area contributed by atoms with Crippen LogP contribution in [0.25, 0.3) is 0 Å². The molecular weight excluding hydrogens is 272 g/mol. The fourth-order valence-corrected chi connectivity index (χ4v) is 2.38. The number of hydrogen-bond donors (Lipinski definition) is 1. The third kappa shape index (κ3) is 3.54. The van der Waals surface area contributed by atoms with E-state index in [4.69, 9.17) is 0 Å². The molecule has 0 unspecified atom stereocenters. The second kappa shape index (κ2) is 7.00. The van der Waals surface area contributed by atoms with Crippen LogP contribution in [0.2, 0.25) is 0 Å². The van der Waals surface area contributed by atoms with Gasteiger partial charge in [-0.15, -0.1) is 11.3 Å². The Hall–Kier alpha value is -1.95. The van der Waals surface area contributed by atoms with Crippen LogP contribution in [0, 0.1) is 0 Å². The molecule has 0 saturated carbocycles. The summed E-state index contributed by atoms with van der Waals surface area (Å²) in [6, 6.07) is 3.65. The SMILES string of the molecule is CCN(CC)C(=O)c1cc(NCc2cncs2)ccn1. The van der Waals surface area contributed by atoms with E-state index in [9.17, 15) is 4.79 Å². The number of hydrogen-bond acceptors (Lipinski definition) is 5. The summed E-state index contributed by atoms with van der Waals surface area (Å²) in [4.78, 5) is 23.3. The standard InChI is InChI=1S/C14H18N4OS/c1-3-18(4-2)14(19)13-7-11(5-6-16-13)17-9-12-8-15-10-20-12/h5-8,10H,3-4,9H2,1-2H3,(H,16,17). The smallest absolute Gasteiger partial charge is 0.272 e. The molecule has 6 heteroatoms. The van der Waals surface area contributed by atoms with Gasteiger partial charge in [-0.3, -0.25) is 14.8 Å². The van der Waals surface area contributed by atoms with Gasteiger partial charge in [-0.05, 0) is 26.0 Å². The molecule has 0 radical (unpaired) electrons. The van der Waals surface area contributed by atoms with Gasteiger partial charge >= 0.3 is 0 Å². The minimum Gasteiger partial charge on any atom is -0.380 e. The highest BCUT2D eigenvalue weighted by Crippen LogP contribution is 2.13. The van der Waals surface area contributed by atoms with Crippen LogP contribution in [0.4, 0.5) is 5.69 Å². The number of thiazole rings is 1. The predicted octanol–water partition coefficient (Wildman–Crippen LogP) is 2.63. The minimum atomic E-state index is -0.0311. The first kappa shape index (κ1) is 14.5. The van der Waals surface area contributed by atoms with Crippen molar-refractivity contribution in [2.45, 2.75) is 20.4 Å². The quantitative estimate of drug-likeness (QED) is 0.888. The summed E-state index contributed by atoms with van der Waals surface area (Å²) in [5.41, 5.74) is 3.17. The van der Waals surface area contributed by atoms with Crippen LogP contribution in [0.15, 0.2) is 30.0 Å². The molecule has 1 amide bonds. The number of aromatic nitrogens is 2. The van der Waals surface area contributed by atoms with E-state index in [0.717, 1.165) is 10.6 Å². The Morgan fingerprint density at radius 3 is 2.85 bits per heavy atom. The van der Waals surface area contributed by atoms with Gasteiger partial charge in [0.05, 0.1) is 12.1 Å². The lowest BCUT2D eigenvalue weighted by Gasteiger charge is -2.18. The summed E-state index contributed by atoms with van der Waals surface area (Å²) < 4.78 is 0. The third-order valence-electron chi connectivity index (χ3n) is 2.98. The summed E-state index contributed by atoms with van der Waals surface area (Å²) in [6.45, 7) is 6.01. The first-order valence-corrected chi connectivity index (χ1v) is 7.49. The number of carbonyl (C=O) groups is 1. The molecule has 5 nitrogen and oxygen atoms in total. The number of nitrogens with zero attached hydrogens (tertiary/aromatic N) is 3. The molecule has 2 aromatic rings. The fourth-order valence-electron chi connectivity index (χ4n) is 1.85. The second-order valence-electron chi connectivity index (χ2n) is 4.23.